The normalized spacial score (nSPS) is 22.8. The van der Waals surface area contributed by atoms with Gasteiger partial charge in [-0.05, 0) is 37.0 Å². The van der Waals surface area contributed by atoms with Crippen LogP contribution >= 0.6 is 11.6 Å². The maximum absolute atomic E-state index is 10.3. The molecule has 0 heterocycles. The molecule has 0 spiro atoms. The molecule has 1 aliphatic carbocycles. The highest BCUT2D eigenvalue weighted by Crippen LogP contribution is 2.30. The summed E-state index contributed by atoms with van der Waals surface area (Å²) in [4.78, 5) is 0. The number of aliphatic hydroxyl groups excluding tert-OH is 1. The number of hydrogen-bond donors (Lipinski definition) is 1. The molecule has 0 saturated heterocycles. The maximum atomic E-state index is 10.3. The van der Waals surface area contributed by atoms with Crippen molar-refractivity contribution in [1.29, 1.82) is 0 Å². The van der Waals surface area contributed by atoms with Crippen LogP contribution in [0.3, 0.4) is 0 Å². The van der Waals surface area contributed by atoms with Crippen LogP contribution in [-0.4, -0.2) is 5.11 Å². The van der Waals surface area contributed by atoms with Crippen LogP contribution in [0.1, 0.15) is 37.4 Å². The number of halogens is 1. The van der Waals surface area contributed by atoms with Gasteiger partial charge in [0, 0.05) is 10.9 Å². The molecule has 0 bridgehead atoms. The Kier molecular flexibility index (Phi) is 4.03. The molecule has 0 aromatic heterocycles. The Morgan fingerprint density at radius 2 is 1.94 bits per heavy atom. The Labute approximate surface area is 102 Å². The topological polar surface area (TPSA) is 20.2 Å². The molecular formula is C14H17ClO. The average Bonchev–Trinajstić information content (AvgIpc) is 2.57. The summed E-state index contributed by atoms with van der Waals surface area (Å²) in [6, 6.07) is 7.48. The summed E-state index contributed by atoms with van der Waals surface area (Å²) in [5.41, 5.74) is 0.959. The second kappa shape index (κ2) is 5.51. The SMILES string of the molecule is O[C@@H](c1ccc(Cl)cc1)[C@@H]1C=CCCCC1. The smallest absolute Gasteiger partial charge is 0.0852 e. The number of allylic oxidation sites excluding steroid dienone is 1. The monoisotopic (exact) mass is 236 g/mol. The van der Waals surface area contributed by atoms with E-state index in [0.717, 1.165) is 18.4 Å². The van der Waals surface area contributed by atoms with Crippen molar-refractivity contribution in [2.45, 2.75) is 31.8 Å². The Morgan fingerprint density at radius 1 is 1.19 bits per heavy atom. The fourth-order valence-corrected chi connectivity index (χ4v) is 2.31. The van der Waals surface area contributed by atoms with E-state index < -0.39 is 6.10 Å². The lowest BCUT2D eigenvalue weighted by molar-refractivity contribution is 0.126. The van der Waals surface area contributed by atoms with Gasteiger partial charge in [0.1, 0.15) is 0 Å². The molecule has 0 unspecified atom stereocenters. The van der Waals surface area contributed by atoms with Crippen LogP contribution in [0.2, 0.25) is 5.02 Å². The number of rotatable bonds is 2. The fraction of sp³-hybridized carbons (Fsp3) is 0.429. The van der Waals surface area contributed by atoms with Crippen molar-refractivity contribution in [1.82, 2.24) is 0 Å². The lowest BCUT2D eigenvalue weighted by atomic mass is 9.92. The van der Waals surface area contributed by atoms with Crippen LogP contribution in [0.15, 0.2) is 36.4 Å². The third-order valence-corrected chi connectivity index (χ3v) is 3.41. The third-order valence-electron chi connectivity index (χ3n) is 3.16. The highest BCUT2D eigenvalue weighted by molar-refractivity contribution is 6.30. The lowest BCUT2D eigenvalue weighted by Gasteiger charge is -2.19. The van der Waals surface area contributed by atoms with Crippen LogP contribution in [0.25, 0.3) is 0 Å². The van der Waals surface area contributed by atoms with Crippen LogP contribution in [0.4, 0.5) is 0 Å². The van der Waals surface area contributed by atoms with E-state index in [9.17, 15) is 5.11 Å². The summed E-state index contributed by atoms with van der Waals surface area (Å²) in [6.07, 6.45) is 8.60. The molecule has 0 saturated carbocycles. The van der Waals surface area contributed by atoms with Gasteiger partial charge in [0.2, 0.25) is 0 Å². The van der Waals surface area contributed by atoms with Gasteiger partial charge in [-0.1, -0.05) is 42.3 Å². The molecular weight excluding hydrogens is 220 g/mol. The van der Waals surface area contributed by atoms with E-state index >= 15 is 0 Å². The minimum absolute atomic E-state index is 0.253. The molecule has 0 fully saturated rings. The molecule has 1 aromatic rings. The van der Waals surface area contributed by atoms with Gasteiger partial charge in [0.05, 0.1) is 6.10 Å². The first-order chi connectivity index (χ1) is 7.77. The molecule has 2 atom stereocenters. The van der Waals surface area contributed by atoms with E-state index in [1.165, 1.54) is 12.8 Å². The molecule has 2 heteroatoms. The van der Waals surface area contributed by atoms with E-state index in [4.69, 9.17) is 11.6 Å². The van der Waals surface area contributed by atoms with E-state index in [0.29, 0.717) is 5.02 Å². The fourth-order valence-electron chi connectivity index (χ4n) is 2.18. The van der Waals surface area contributed by atoms with Gasteiger partial charge >= 0.3 is 0 Å². The lowest BCUT2D eigenvalue weighted by Crippen LogP contribution is -2.09. The van der Waals surface area contributed by atoms with Crippen molar-refractivity contribution in [2.75, 3.05) is 0 Å². The molecule has 1 aromatic carbocycles. The summed E-state index contributed by atoms with van der Waals surface area (Å²) in [5, 5.41) is 11.0. The van der Waals surface area contributed by atoms with Gasteiger partial charge in [0.15, 0.2) is 0 Å². The number of hydrogen-bond acceptors (Lipinski definition) is 1. The summed E-state index contributed by atoms with van der Waals surface area (Å²) in [6.45, 7) is 0. The van der Waals surface area contributed by atoms with Crippen molar-refractivity contribution < 1.29 is 5.11 Å². The summed E-state index contributed by atoms with van der Waals surface area (Å²) in [7, 11) is 0. The molecule has 1 N–H and O–H groups in total. The molecule has 0 radical (unpaired) electrons. The zero-order valence-electron chi connectivity index (χ0n) is 9.27. The highest BCUT2D eigenvalue weighted by Gasteiger charge is 2.18. The van der Waals surface area contributed by atoms with Gasteiger partial charge < -0.3 is 5.11 Å². The minimum Gasteiger partial charge on any atom is -0.388 e. The van der Waals surface area contributed by atoms with Gasteiger partial charge in [0.25, 0.3) is 0 Å². The first-order valence-corrected chi connectivity index (χ1v) is 6.25. The zero-order chi connectivity index (χ0) is 11.4. The minimum atomic E-state index is -0.397. The zero-order valence-corrected chi connectivity index (χ0v) is 10.0. The van der Waals surface area contributed by atoms with Crippen LogP contribution in [-0.2, 0) is 0 Å². The second-order valence-corrected chi connectivity index (χ2v) is 4.81. The third kappa shape index (κ3) is 2.87. The predicted molar refractivity (Wildman–Crippen MR) is 67.5 cm³/mol. The van der Waals surface area contributed by atoms with E-state index in [1.54, 1.807) is 0 Å². The molecule has 16 heavy (non-hydrogen) atoms. The van der Waals surface area contributed by atoms with E-state index in [1.807, 2.05) is 24.3 Å². The van der Waals surface area contributed by atoms with Crippen LogP contribution in [0.5, 0.6) is 0 Å². The molecule has 1 nitrogen and oxygen atoms in total. The van der Waals surface area contributed by atoms with Crippen molar-refractivity contribution in [3.63, 3.8) is 0 Å². The maximum Gasteiger partial charge on any atom is 0.0852 e. The first kappa shape index (κ1) is 11.7. The van der Waals surface area contributed by atoms with Crippen molar-refractivity contribution in [3.8, 4) is 0 Å². The van der Waals surface area contributed by atoms with Crippen LogP contribution in [0, 0.1) is 5.92 Å². The van der Waals surface area contributed by atoms with Gasteiger partial charge in [-0.2, -0.15) is 0 Å². The predicted octanol–water partition coefficient (Wildman–Crippen LogP) is 4.12. The largest absolute Gasteiger partial charge is 0.388 e. The summed E-state index contributed by atoms with van der Waals surface area (Å²) < 4.78 is 0. The Hall–Kier alpha value is -0.790. The molecule has 0 aliphatic heterocycles. The number of aliphatic hydroxyl groups is 1. The Balaban J connectivity index is 2.11. The highest BCUT2D eigenvalue weighted by atomic mass is 35.5. The van der Waals surface area contributed by atoms with Gasteiger partial charge in [-0.3, -0.25) is 0 Å². The van der Waals surface area contributed by atoms with Crippen molar-refractivity contribution in [3.05, 3.63) is 47.0 Å². The summed E-state index contributed by atoms with van der Waals surface area (Å²) in [5.74, 6) is 0.253. The van der Waals surface area contributed by atoms with E-state index in [-0.39, 0.29) is 5.92 Å². The standard InChI is InChI=1S/C14H17ClO/c15-13-9-7-12(8-10-13)14(16)11-5-3-1-2-4-6-11/h3,5,7-11,14,16H,1-2,4,6H2/t11-,14-/m1/s1. The molecule has 1 aliphatic rings. The number of benzene rings is 1. The Bertz CT molecular complexity index is 356. The van der Waals surface area contributed by atoms with Gasteiger partial charge in [-0.25, -0.2) is 0 Å². The van der Waals surface area contributed by atoms with E-state index in [2.05, 4.69) is 12.2 Å². The van der Waals surface area contributed by atoms with Crippen molar-refractivity contribution >= 4 is 11.6 Å². The molecule has 2 rings (SSSR count). The Morgan fingerprint density at radius 3 is 2.69 bits per heavy atom. The second-order valence-electron chi connectivity index (χ2n) is 4.37. The molecule has 0 amide bonds. The van der Waals surface area contributed by atoms with Crippen LogP contribution < -0.4 is 0 Å². The van der Waals surface area contributed by atoms with Gasteiger partial charge in [-0.15, -0.1) is 0 Å². The first-order valence-electron chi connectivity index (χ1n) is 5.87. The quantitative estimate of drug-likeness (QED) is 0.766. The van der Waals surface area contributed by atoms with Crippen molar-refractivity contribution in [2.24, 2.45) is 5.92 Å². The average molecular weight is 237 g/mol. The summed E-state index contributed by atoms with van der Waals surface area (Å²) >= 11 is 5.83. The molecule has 86 valence electrons.